The maximum absolute atomic E-state index is 11.7. The zero-order valence-corrected chi connectivity index (χ0v) is 10.1. The van der Waals surface area contributed by atoms with Crippen molar-refractivity contribution >= 4 is 11.6 Å². The third-order valence-electron chi connectivity index (χ3n) is 2.35. The molecule has 1 aromatic carbocycles. The number of rotatable bonds is 4. The van der Waals surface area contributed by atoms with Gasteiger partial charge in [-0.05, 0) is 30.7 Å². The number of aryl methyl sites for hydroxylation is 1. The number of hydrogen-bond donors (Lipinski definition) is 1. The monoisotopic (exact) mass is 218 g/mol. The molecule has 3 heteroatoms. The van der Waals surface area contributed by atoms with E-state index in [0.717, 1.165) is 11.3 Å². The first-order chi connectivity index (χ1) is 7.56. The van der Waals surface area contributed by atoms with Crippen molar-refractivity contribution in [3.05, 3.63) is 42.0 Å². The molecule has 0 saturated carbocycles. The highest BCUT2D eigenvalue weighted by atomic mass is 16.1. The smallest absolute Gasteiger partial charge is 0.251 e. The van der Waals surface area contributed by atoms with Crippen LogP contribution in [-0.2, 0) is 0 Å². The van der Waals surface area contributed by atoms with Crippen LogP contribution >= 0.6 is 0 Å². The Balaban J connectivity index is 2.88. The third kappa shape index (κ3) is 2.86. The van der Waals surface area contributed by atoms with Crippen molar-refractivity contribution in [1.29, 1.82) is 0 Å². The van der Waals surface area contributed by atoms with Gasteiger partial charge in [0.05, 0.1) is 0 Å². The molecule has 1 amide bonds. The topological polar surface area (TPSA) is 32.3 Å². The quantitative estimate of drug-likeness (QED) is 0.784. The van der Waals surface area contributed by atoms with Gasteiger partial charge in [0.15, 0.2) is 0 Å². The predicted molar refractivity (Wildman–Crippen MR) is 68.0 cm³/mol. The van der Waals surface area contributed by atoms with E-state index in [9.17, 15) is 4.79 Å². The molecule has 86 valence electrons. The summed E-state index contributed by atoms with van der Waals surface area (Å²) in [5.74, 6) is -0.0618. The Morgan fingerprint density at radius 1 is 1.50 bits per heavy atom. The Bertz CT molecular complexity index is 397. The van der Waals surface area contributed by atoms with E-state index < -0.39 is 0 Å². The van der Waals surface area contributed by atoms with Crippen LogP contribution in [0.4, 0.5) is 5.69 Å². The highest BCUT2D eigenvalue weighted by Crippen LogP contribution is 2.18. The summed E-state index contributed by atoms with van der Waals surface area (Å²) in [7, 11) is 3.97. The molecule has 0 saturated heterocycles. The molecule has 0 aliphatic carbocycles. The normalized spacial score (nSPS) is 9.69. The van der Waals surface area contributed by atoms with Gasteiger partial charge in [-0.2, -0.15) is 0 Å². The van der Waals surface area contributed by atoms with E-state index in [1.807, 2.05) is 44.1 Å². The highest BCUT2D eigenvalue weighted by Gasteiger charge is 2.07. The summed E-state index contributed by atoms with van der Waals surface area (Å²) in [6.07, 6.45) is 1.67. The van der Waals surface area contributed by atoms with Crippen LogP contribution in [0.1, 0.15) is 15.9 Å². The van der Waals surface area contributed by atoms with Gasteiger partial charge in [-0.25, -0.2) is 0 Å². The fourth-order valence-electron chi connectivity index (χ4n) is 1.57. The zero-order valence-electron chi connectivity index (χ0n) is 10.1. The molecule has 1 N–H and O–H groups in total. The van der Waals surface area contributed by atoms with E-state index in [4.69, 9.17) is 0 Å². The lowest BCUT2D eigenvalue weighted by Crippen LogP contribution is -2.23. The first kappa shape index (κ1) is 12.3. The summed E-state index contributed by atoms with van der Waals surface area (Å²) < 4.78 is 0. The van der Waals surface area contributed by atoms with E-state index in [1.165, 1.54) is 0 Å². The van der Waals surface area contributed by atoms with Crippen molar-refractivity contribution in [3.8, 4) is 0 Å². The number of nitrogens with zero attached hydrogens (tertiary/aromatic N) is 1. The number of carbonyl (C=O) groups is 1. The maximum Gasteiger partial charge on any atom is 0.251 e. The standard InChI is InChI=1S/C13H18N2O/c1-5-8-14-13(16)11-6-7-12(15(3)4)10(2)9-11/h5-7,9H,1,8H2,2-4H3,(H,14,16). The van der Waals surface area contributed by atoms with Crippen molar-refractivity contribution in [2.45, 2.75) is 6.92 Å². The van der Waals surface area contributed by atoms with Gasteiger partial charge < -0.3 is 10.2 Å². The Morgan fingerprint density at radius 2 is 2.19 bits per heavy atom. The van der Waals surface area contributed by atoms with E-state index in [-0.39, 0.29) is 5.91 Å². The minimum Gasteiger partial charge on any atom is -0.377 e. The molecule has 16 heavy (non-hydrogen) atoms. The highest BCUT2D eigenvalue weighted by molar-refractivity contribution is 5.95. The molecule has 1 aromatic rings. The number of anilines is 1. The van der Waals surface area contributed by atoms with Gasteiger partial charge in [0.2, 0.25) is 0 Å². The summed E-state index contributed by atoms with van der Waals surface area (Å²) in [5.41, 5.74) is 2.90. The van der Waals surface area contributed by atoms with Crippen LogP contribution in [0, 0.1) is 6.92 Å². The van der Waals surface area contributed by atoms with Gasteiger partial charge in [0.1, 0.15) is 0 Å². The summed E-state index contributed by atoms with van der Waals surface area (Å²) in [4.78, 5) is 13.7. The van der Waals surface area contributed by atoms with Gasteiger partial charge in [-0.3, -0.25) is 4.79 Å². The minimum atomic E-state index is -0.0618. The fourth-order valence-corrected chi connectivity index (χ4v) is 1.57. The van der Waals surface area contributed by atoms with Crippen LogP contribution < -0.4 is 10.2 Å². The van der Waals surface area contributed by atoms with E-state index in [1.54, 1.807) is 6.08 Å². The second-order valence-corrected chi connectivity index (χ2v) is 3.89. The molecule has 0 spiro atoms. The van der Waals surface area contributed by atoms with Gasteiger partial charge in [0, 0.05) is 31.9 Å². The Hall–Kier alpha value is -1.77. The molecular formula is C13H18N2O. The van der Waals surface area contributed by atoms with Gasteiger partial charge >= 0.3 is 0 Å². The Morgan fingerprint density at radius 3 is 2.69 bits per heavy atom. The van der Waals surface area contributed by atoms with Crippen LogP contribution in [0.2, 0.25) is 0 Å². The van der Waals surface area contributed by atoms with Gasteiger partial charge in [0.25, 0.3) is 5.91 Å². The zero-order chi connectivity index (χ0) is 12.1. The molecule has 0 radical (unpaired) electrons. The first-order valence-electron chi connectivity index (χ1n) is 5.23. The third-order valence-corrected chi connectivity index (χ3v) is 2.35. The molecule has 0 aromatic heterocycles. The van der Waals surface area contributed by atoms with Crippen molar-refractivity contribution < 1.29 is 4.79 Å². The molecule has 1 rings (SSSR count). The van der Waals surface area contributed by atoms with Crippen LogP contribution in [0.3, 0.4) is 0 Å². The predicted octanol–water partition coefficient (Wildman–Crippen LogP) is 1.98. The number of hydrogen-bond acceptors (Lipinski definition) is 2. The molecule has 0 heterocycles. The fraction of sp³-hybridized carbons (Fsp3) is 0.308. The van der Waals surface area contributed by atoms with Crippen LogP contribution in [0.25, 0.3) is 0 Å². The molecule has 0 fully saturated rings. The SMILES string of the molecule is C=CCNC(=O)c1ccc(N(C)C)c(C)c1. The average Bonchev–Trinajstić information content (AvgIpc) is 2.25. The molecule has 0 bridgehead atoms. The van der Waals surface area contributed by atoms with Crippen LogP contribution in [-0.4, -0.2) is 26.5 Å². The largest absolute Gasteiger partial charge is 0.377 e. The maximum atomic E-state index is 11.7. The molecular weight excluding hydrogens is 200 g/mol. The van der Waals surface area contributed by atoms with E-state index >= 15 is 0 Å². The number of benzene rings is 1. The summed E-state index contributed by atoms with van der Waals surface area (Å²) in [6, 6.07) is 5.69. The molecule has 0 unspecified atom stereocenters. The van der Waals surface area contributed by atoms with Crippen molar-refractivity contribution in [2.75, 3.05) is 25.5 Å². The van der Waals surface area contributed by atoms with Crippen molar-refractivity contribution in [1.82, 2.24) is 5.32 Å². The molecule has 0 atom stereocenters. The summed E-state index contributed by atoms with van der Waals surface area (Å²) in [5, 5.41) is 2.75. The second-order valence-electron chi connectivity index (χ2n) is 3.89. The lowest BCUT2D eigenvalue weighted by Gasteiger charge is -2.16. The van der Waals surface area contributed by atoms with Crippen molar-refractivity contribution in [3.63, 3.8) is 0 Å². The number of carbonyl (C=O) groups excluding carboxylic acids is 1. The second kappa shape index (κ2) is 5.35. The minimum absolute atomic E-state index is 0.0618. The van der Waals surface area contributed by atoms with E-state index in [2.05, 4.69) is 11.9 Å². The van der Waals surface area contributed by atoms with Crippen LogP contribution in [0.15, 0.2) is 30.9 Å². The van der Waals surface area contributed by atoms with Gasteiger partial charge in [-0.1, -0.05) is 6.08 Å². The Kier molecular flexibility index (Phi) is 4.11. The number of amides is 1. The lowest BCUT2D eigenvalue weighted by atomic mass is 10.1. The Labute approximate surface area is 96.8 Å². The van der Waals surface area contributed by atoms with Gasteiger partial charge in [-0.15, -0.1) is 6.58 Å². The molecule has 3 nitrogen and oxygen atoms in total. The summed E-state index contributed by atoms with van der Waals surface area (Å²) in [6.45, 7) is 6.05. The van der Waals surface area contributed by atoms with Crippen LogP contribution in [0.5, 0.6) is 0 Å². The lowest BCUT2D eigenvalue weighted by molar-refractivity contribution is 0.0958. The molecule has 0 aliphatic rings. The average molecular weight is 218 g/mol. The first-order valence-corrected chi connectivity index (χ1v) is 5.23. The van der Waals surface area contributed by atoms with Crippen molar-refractivity contribution in [2.24, 2.45) is 0 Å². The van der Waals surface area contributed by atoms with E-state index in [0.29, 0.717) is 12.1 Å². The molecule has 0 aliphatic heterocycles. The summed E-state index contributed by atoms with van der Waals surface area (Å²) >= 11 is 0. The number of nitrogens with one attached hydrogen (secondary N) is 1.